The van der Waals surface area contributed by atoms with E-state index in [0.29, 0.717) is 5.92 Å². The van der Waals surface area contributed by atoms with Crippen LogP contribution in [-0.4, -0.2) is 29.5 Å². The van der Waals surface area contributed by atoms with Gasteiger partial charge in [-0.15, -0.1) is 0 Å². The average molecular weight is 181 g/mol. The van der Waals surface area contributed by atoms with Gasteiger partial charge >= 0.3 is 0 Å². The molecule has 0 saturated carbocycles. The van der Waals surface area contributed by atoms with Crippen LogP contribution in [0.25, 0.3) is 0 Å². The van der Waals surface area contributed by atoms with Crippen molar-refractivity contribution in [3.8, 4) is 0 Å². The third-order valence-corrected chi connectivity index (χ3v) is 2.42. The molecule has 0 spiro atoms. The highest BCUT2D eigenvalue weighted by molar-refractivity contribution is 5.33. The summed E-state index contributed by atoms with van der Waals surface area (Å²) in [5.74, 6) is 1.74. The molecule has 72 valence electrons. The van der Waals surface area contributed by atoms with Gasteiger partial charge in [-0.3, -0.25) is 4.68 Å². The van der Waals surface area contributed by atoms with Gasteiger partial charge in [0.25, 0.3) is 0 Å². The van der Waals surface area contributed by atoms with Crippen LogP contribution >= 0.6 is 0 Å². The number of ether oxygens (including phenoxy) is 1. The topological polar surface area (TPSA) is 39.1 Å². The lowest BCUT2D eigenvalue weighted by molar-refractivity contribution is 0.187. The van der Waals surface area contributed by atoms with Gasteiger partial charge < -0.3 is 10.1 Å². The van der Waals surface area contributed by atoms with E-state index in [0.717, 1.165) is 25.6 Å². The third-order valence-electron chi connectivity index (χ3n) is 2.42. The van der Waals surface area contributed by atoms with Crippen molar-refractivity contribution in [1.82, 2.24) is 9.78 Å². The molecule has 1 aromatic heterocycles. The van der Waals surface area contributed by atoms with Gasteiger partial charge in [0.15, 0.2) is 0 Å². The highest BCUT2D eigenvalue weighted by atomic mass is 16.5. The van der Waals surface area contributed by atoms with Gasteiger partial charge in [0, 0.05) is 32.2 Å². The number of rotatable bonds is 3. The second kappa shape index (κ2) is 3.79. The molecule has 1 fully saturated rings. The lowest BCUT2D eigenvalue weighted by atomic mass is 10.1. The zero-order valence-corrected chi connectivity index (χ0v) is 7.86. The van der Waals surface area contributed by atoms with Crippen LogP contribution in [0.5, 0.6) is 0 Å². The molecule has 1 unspecified atom stereocenters. The van der Waals surface area contributed by atoms with Crippen LogP contribution in [0.1, 0.15) is 6.42 Å². The smallest absolute Gasteiger partial charge is 0.123 e. The quantitative estimate of drug-likeness (QED) is 0.752. The van der Waals surface area contributed by atoms with Crippen molar-refractivity contribution >= 4 is 5.82 Å². The molecule has 4 heteroatoms. The molecule has 1 atom stereocenters. The van der Waals surface area contributed by atoms with Crippen LogP contribution in [0.15, 0.2) is 12.3 Å². The van der Waals surface area contributed by atoms with Crippen molar-refractivity contribution < 1.29 is 4.74 Å². The first-order valence-corrected chi connectivity index (χ1v) is 4.66. The minimum absolute atomic E-state index is 0.662. The molecule has 2 heterocycles. The van der Waals surface area contributed by atoms with Gasteiger partial charge in [0.2, 0.25) is 0 Å². The Balaban J connectivity index is 1.82. The maximum Gasteiger partial charge on any atom is 0.123 e. The summed E-state index contributed by atoms with van der Waals surface area (Å²) in [4.78, 5) is 0. The summed E-state index contributed by atoms with van der Waals surface area (Å²) in [6.45, 7) is 2.79. The van der Waals surface area contributed by atoms with E-state index in [4.69, 9.17) is 4.74 Å². The first-order valence-electron chi connectivity index (χ1n) is 4.66. The number of anilines is 1. The Morgan fingerprint density at radius 3 is 3.31 bits per heavy atom. The Morgan fingerprint density at radius 2 is 2.69 bits per heavy atom. The first-order chi connectivity index (χ1) is 6.36. The summed E-state index contributed by atoms with van der Waals surface area (Å²) in [6.07, 6.45) is 2.97. The number of aryl methyl sites for hydroxylation is 1. The maximum absolute atomic E-state index is 5.29. The molecule has 2 rings (SSSR count). The van der Waals surface area contributed by atoms with Crippen LogP contribution in [0.3, 0.4) is 0 Å². The zero-order chi connectivity index (χ0) is 9.10. The summed E-state index contributed by atoms with van der Waals surface area (Å²) in [5, 5.41) is 7.44. The molecule has 1 N–H and O–H groups in total. The molecule has 0 radical (unpaired) electrons. The molecule has 0 aliphatic carbocycles. The van der Waals surface area contributed by atoms with Crippen LogP contribution in [-0.2, 0) is 11.8 Å². The summed E-state index contributed by atoms with van der Waals surface area (Å²) in [6, 6.07) is 1.98. The highest BCUT2D eigenvalue weighted by Gasteiger charge is 2.15. The van der Waals surface area contributed by atoms with E-state index in [1.54, 1.807) is 6.20 Å². The van der Waals surface area contributed by atoms with Crippen LogP contribution in [0.4, 0.5) is 5.82 Å². The van der Waals surface area contributed by atoms with Crippen molar-refractivity contribution in [1.29, 1.82) is 0 Å². The largest absolute Gasteiger partial charge is 0.381 e. The molecule has 0 aromatic carbocycles. The normalized spacial score (nSPS) is 22.1. The molecule has 4 nitrogen and oxygen atoms in total. The van der Waals surface area contributed by atoms with Gasteiger partial charge in [-0.2, -0.15) is 5.10 Å². The Labute approximate surface area is 77.9 Å². The molecular formula is C9H15N3O. The summed E-state index contributed by atoms with van der Waals surface area (Å²) in [5.41, 5.74) is 0. The van der Waals surface area contributed by atoms with E-state index in [1.807, 2.05) is 17.8 Å². The fourth-order valence-corrected chi connectivity index (χ4v) is 1.54. The standard InChI is InChI=1S/C9H15N3O/c1-12-9(2-4-11-12)10-6-8-3-5-13-7-8/h2,4,8,10H,3,5-7H2,1H3. The van der Waals surface area contributed by atoms with E-state index in [-0.39, 0.29) is 0 Å². The summed E-state index contributed by atoms with van der Waals surface area (Å²) < 4.78 is 7.14. The Hall–Kier alpha value is -1.03. The molecule has 0 amide bonds. The second-order valence-corrected chi connectivity index (χ2v) is 3.45. The SMILES string of the molecule is Cn1nccc1NCC1CCOC1. The molecule has 1 aromatic rings. The Bertz CT molecular complexity index is 266. The monoisotopic (exact) mass is 181 g/mol. The molecular weight excluding hydrogens is 166 g/mol. The second-order valence-electron chi connectivity index (χ2n) is 3.45. The fraction of sp³-hybridized carbons (Fsp3) is 0.667. The predicted molar refractivity (Wildman–Crippen MR) is 50.6 cm³/mol. The van der Waals surface area contributed by atoms with Crippen molar-refractivity contribution in [2.45, 2.75) is 6.42 Å². The van der Waals surface area contributed by atoms with E-state index in [1.165, 1.54) is 6.42 Å². The van der Waals surface area contributed by atoms with Gasteiger partial charge in [-0.25, -0.2) is 0 Å². The molecule has 1 aliphatic rings. The van der Waals surface area contributed by atoms with E-state index < -0.39 is 0 Å². The predicted octanol–water partition coefficient (Wildman–Crippen LogP) is 0.868. The molecule has 1 aliphatic heterocycles. The number of hydrogen-bond acceptors (Lipinski definition) is 3. The van der Waals surface area contributed by atoms with Gasteiger partial charge in [-0.1, -0.05) is 0 Å². The highest BCUT2D eigenvalue weighted by Crippen LogP contribution is 2.13. The minimum Gasteiger partial charge on any atom is -0.381 e. The number of nitrogens with one attached hydrogen (secondary N) is 1. The maximum atomic E-state index is 5.29. The first kappa shape index (κ1) is 8.56. The number of hydrogen-bond donors (Lipinski definition) is 1. The van der Waals surface area contributed by atoms with Crippen LogP contribution in [0, 0.1) is 5.92 Å². The van der Waals surface area contributed by atoms with Crippen molar-refractivity contribution in [2.75, 3.05) is 25.1 Å². The number of nitrogens with zero attached hydrogens (tertiary/aromatic N) is 2. The zero-order valence-electron chi connectivity index (χ0n) is 7.86. The van der Waals surface area contributed by atoms with Crippen LogP contribution in [0.2, 0.25) is 0 Å². The van der Waals surface area contributed by atoms with Crippen molar-refractivity contribution in [2.24, 2.45) is 13.0 Å². The summed E-state index contributed by atoms with van der Waals surface area (Å²) >= 11 is 0. The van der Waals surface area contributed by atoms with Crippen molar-refractivity contribution in [3.05, 3.63) is 12.3 Å². The fourth-order valence-electron chi connectivity index (χ4n) is 1.54. The van der Waals surface area contributed by atoms with Crippen molar-refractivity contribution in [3.63, 3.8) is 0 Å². The summed E-state index contributed by atoms with van der Waals surface area (Å²) in [7, 11) is 1.94. The van der Waals surface area contributed by atoms with E-state index >= 15 is 0 Å². The molecule has 13 heavy (non-hydrogen) atoms. The minimum atomic E-state index is 0.662. The van der Waals surface area contributed by atoms with Gasteiger partial charge in [-0.05, 0) is 6.42 Å². The Morgan fingerprint density at radius 1 is 1.77 bits per heavy atom. The average Bonchev–Trinajstić information content (AvgIpc) is 2.72. The van der Waals surface area contributed by atoms with Crippen LogP contribution < -0.4 is 5.32 Å². The lowest BCUT2D eigenvalue weighted by Gasteiger charge is -2.10. The molecule has 0 bridgehead atoms. The Kier molecular flexibility index (Phi) is 2.49. The van der Waals surface area contributed by atoms with Gasteiger partial charge in [0.05, 0.1) is 12.8 Å². The number of aromatic nitrogens is 2. The van der Waals surface area contributed by atoms with E-state index in [9.17, 15) is 0 Å². The van der Waals surface area contributed by atoms with Gasteiger partial charge in [0.1, 0.15) is 5.82 Å². The van der Waals surface area contributed by atoms with E-state index in [2.05, 4.69) is 10.4 Å². The third kappa shape index (κ3) is 2.01. The lowest BCUT2D eigenvalue weighted by Crippen LogP contribution is -2.15. The molecule has 1 saturated heterocycles.